The summed E-state index contributed by atoms with van der Waals surface area (Å²) in [6.45, 7) is 2.58. The van der Waals surface area contributed by atoms with E-state index in [1.807, 2.05) is 48.2 Å². The summed E-state index contributed by atoms with van der Waals surface area (Å²) in [6.07, 6.45) is 1.70. The van der Waals surface area contributed by atoms with E-state index in [0.717, 1.165) is 35.9 Å². The summed E-state index contributed by atoms with van der Waals surface area (Å²) in [5.74, 6) is 3.11. The molecule has 0 radical (unpaired) electrons. The lowest BCUT2D eigenvalue weighted by Gasteiger charge is -2.33. The molecule has 1 atom stereocenters. The van der Waals surface area contributed by atoms with E-state index in [2.05, 4.69) is 27.0 Å². The van der Waals surface area contributed by atoms with E-state index in [-0.39, 0.29) is 11.9 Å². The second kappa shape index (κ2) is 8.78. The number of thiophene rings is 1. The van der Waals surface area contributed by atoms with Gasteiger partial charge in [-0.05, 0) is 52.2 Å². The van der Waals surface area contributed by atoms with Gasteiger partial charge in [0.15, 0.2) is 0 Å². The Hall–Kier alpha value is -2.02. The average Bonchev–Trinajstić information content (AvgIpc) is 3.43. The lowest BCUT2D eigenvalue weighted by atomic mass is 10.1. The second-order valence-corrected chi connectivity index (χ2v) is 8.48. The van der Waals surface area contributed by atoms with Crippen molar-refractivity contribution < 1.29 is 9.21 Å². The van der Waals surface area contributed by atoms with Crippen LogP contribution in [0.15, 0.2) is 63.9 Å². The number of carbonyl (C=O) groups is 1. The van der Waals surface area contributed by atoms with Gasteiger partial charge in [0.25, 0.3) is 5.91 Å². The maximum atomic E-state index is 12.6. The Morgan fingerprint density at radius 2 is 1.93 bits per heavy atom. The Morgan fingerprint density at radius 1 is 1.11 bits per heavy atom. The van der Waals surface area contributed by atoms with Crippen LogP contribution in [0.3, 0.4) is 0 Å². The Morgan fingerprint density at radius 3 is 2.59 bits per heavy atom. The topological polar surface area (TPSA) is 45.5 Å². The quantitative estimate of drug-likeness (QED) is 0.663. The molecule has 0 saturated carbocycles. The Labute approximate surface area is 167 Å². The van der Waals surface area contributed by atoms with Gasteiger partial charge in [0.05, 0.1) is 12.3 Å². The van der Waals surface area contributed by atoms with E-state index in [9.17, 15) is 4.79 Å². The Bertz CT molecular complexity index is 839. The predicted octanol–water partition coefficient (Wildman–Crippen LogP) is 4.53. The molecular weight excluding hydrogens is 376 g/mol. The van der Waals surface area contributed by atoms with Gasteiger partial charge >= 0.3 is 0 Å². The summed E-state index contributed by atoms with van der Waals surface area (Å²) in [6, 6.07) is 13.9. The molecule has 1 unspecified atom stereocenters. The molecule has 27 heavy (non-hydrogen) atoms. The predicted molar refractivity (Wildman–Crippen MR) is 112 cm³/mol. The third-order valence-electron chi connectivity index (χ3n) is 4.82. The third-order valence-corrected chi connectivity index (χ3v) is 6.44. The first-order valence-corrected chi connectivity index (χ1v) is 11.2. The zero-order chi connectivity index (χ0) is 18.5. The van der Waals surface area contributed by atoms with Crippen LogP contribution >= 0.6 is 23.1 Å². The van der Waals surface area contributed by atoms with Crippen LogP contribution in [-0.4, -0.2) is 41.9 Å². The van der Waals surface area contributed by atoms with E-state index in [1.165, 1.54) is 5.56 Å². The van der Waals surface area contributed by atoms with Crippen molar-refractivity contribution >= 4 is 29.0 Å². The normalized spacial score (nSPS) is 16.1. The van der Waals surface area contributed by atoms with Gasteiger partial charge < -0.3 is 9.73 Å². The molecule has 1 aliphatic heterocycles. The summed E-state index contributed by atoms with van der Waals surface area (Å²) in [4.78, 5) is 15.0. The van der Waals surface area contributed by atoms with E-state index in [1.54, 1.807) is 17.6 Å². The summed E-state index contributed by atoms with van der Waals surface area (Å²) in [5, 5.41) is 7.26. The molecule has 1 fully saturated rings. The zero-order valence-corrected chi connectivity index (χ0v) is 16.6. The number of benzene rings is 1. The van der Waals surface area contributed by atoms with Crippen molar-refractivity contribution in [2.24, 2.45) is 0 Å². The first-order chi connectivity index (χ1) is 13.3. The molecule has 1 aliphatic rings. The molecule has 1 saturated heterocycles. The highest BCUT2D eigenvalue weighted by molar-refractivity contribution is 7.99. The van der Waals surface area contributed by atoms with Crippen LogP contribution in [0.5, 0.6) is 0 Å². The minimum atomic E-state index is -0.0465. The highest BCUT2D eigenvalue weighted by Gasteiger charge is 2.25. The minimum absolute atomic E-state index is 0.0465. The maximum Gasteiger partial charge on any atom is 0.251 e. The second-order valence-electron chi connectivity index (χ2n) is 6.48. The van der Waals surface area contributed by atoms with E-state index < -0.39 is 0 Å². The highest BCUT2D eigenvalue weighted by Crippen LogP contribution is 2.25. The van der Waals surface area contributed by atoms with Crippen molar-refractivity contribution in [1.82, 2.24) is 10.2 Å². The summed E-state index contributed by atoms with van der Waals surface area (Å²) < 4.78 is 5.65. The molecule has 1 aromatic carbocycles. The van der Waals surface area contributed by atoms with Crippen LogP contribution < -0.4 is 5.32 Å². The van der Waals surface area contributed by atoms with Crippen molar-refractivity contribution in [3.8, 4) is 11.1 Å². The van der Waals surface area contributed by atoms with Crippen molar-refractivity contribution in [3.05, 3.63) is 70.8 Å². The van der Waals surface area contributed by atoms with Crippen LogP contribution in [0.25, 0.3) is 11.1 Å². The van der Waals surface area contributed by atoms with Crippen LogP contribution in [0, 0.1) is 0 Å². The lowest BCUT2D eigenvalue weighted by Crippen LogP contribution is -2.41. The molecule has 0 bridgehead atoms. The molecule has 4 rings (SSSR count). The number of hydrogen-bond donors (Lipinski definition) is 1. The fourth-order valence-corrected chi connectivity index (χ4v) is 4.91. The molecule has 4 nitrogen and oxygen atoms in total. The number of carbonyl (C=O) groups excluding carboxylic acids is 1. The van der Waals surface area contributed by atoms with Crippen molar-refractivity contribution in [3.63, 3.8) is 0 Å². The average molecular weight is 399 g/mol. The van der Waals surface area contributed by atoms with Gasteiger partial charge in [0.1, 0.15) is 5.76 Å². The maximum absolute atomic E-state index is 12.6. The monoisotopic (exact) mass is 398 g/mol. The number of furan rings is 1. The Balaban J connectivity index is 1.41. The van der Waals surface area contributed by atoms with E-state index >= 15 is 0 Å². The number of nitrogens with one attached hydrogen (secondary N) is 1. The third kappa shape index (κ3) is 4.46. The van der Waals surface area contributed by atoms with Crippen LogP contribution in [-0.2, 0) is 0 Å². The van der Waals surface area contributed by atoms with Gasteiger partial charge in [-0.25, -0.2) is 0 Å². The van der Waals surface area contributed by atoms with Gasteiger partial charge in [-0.3, -0.25) is 9.69 Å². The first kappa shape index (κ1) is 18.3. The lowest BCUT2D eigenvalue weighted by molar-refractivity contribution is 0.0929. The number of amides is 1. The van der Waals surface area contributed by atoms with E-state index in [4.69, 9.17) is 4.42 Å². The number of rotatable bonds is 6. The Kier molecular flexibility index (Phi) is 5.97. The molecule has 3 heterocycles. The minimum Gasteiger partial charge on any atom is -0.468 e. The molecular formula is C21H22N2O2S2. The fraction of sp³-hybridized carbons (Fsp3) is 0.286. The number of thioether (sulfide) groups is 1. The standard InChI is InChI=1S/C21H22N2O2S2/c24-21(17-5-3-16(4-6-17)18-7-11-27-15-18)22-14-19(20-2-1-10-25-20)23-8-12-26-13-9-23/h1-7,10-11,15,19H,8-9,12-14H2,(H,22,24). The zero-order valence-electron chi connectivity index (χ0n) is 15.0. The SMILES string of the molecule is O=C(NCC(c1ccco1)N1CCSCC1)c1ccc(-c2ccsc2)cc1. The molecule has 3 aromatic rings. The van der Waals surface area contributed by atoms with Gasteiger partial charge in [0.2, 0.25) is 0 Å². The summed E-state index contributed by atoms with van der Waals surface area (Å²) in [5.41, 5.74) is 3.00. The molecule has 140 valence electrons. The number of hydrogen-bond acceptors (Lipinski definition) is 5. The summed E-state index contributed by atoms with van der Waals surface area (Å²) in [7, 11) is 0. The molecule has 0 aliphatic carbocycles. The molecule has 2 aromatic heterocycles. The van der Waals surface area contributed by atoms with Crippen LogP contribution in [0.2, 0.25) is 0 Å². The largest absolute Gasteiger partial charge is 0.468 e. The van der Waals surface area contributed by atoms with Crippen LogP contribution in [0.4, 0.5) is 0 Å². The smallest absolute Gasteiger partial charge is 0.251 e. The molecule has 6 heteroatoms. The fourth-order valence-electron chi connectivity index (χ4n) is 3.31. The van der Waals surface area contributed by atoms with Crippen LogP contribution in [0.1, 0.15) is 22.2 Å². The van der Waals surface area contributed by atoms with Crippen molar-refractivity contribution in [2.45, 2.75) is 6.04 Å². The molecule has 1 N–H and O–H groups in total. The van der Waals surface area contributed by atoms with Gasteiger partial charge in [0, 0.05) is 36.7 Å². The molecule has 1 amide bonds. The first-order valence-electron chi connectivity index (χ1n) is 9.07. The molecule has 0 spiro atoms. The van der Waals surface area contributed by atoms with Gasteiger partial charge in [-0.15, -0.1) is 0 Å². The van der Waals surface area contributed by atoms with Crippen molar-refractivity contribution in [1.29, 1.82) is 0 Å². The summed E-state index contributed by atoms with van der Waals surface area (Å²) >= 11 is 3.65. The highest BCUT2D eigenvalue weighted by atomic mass is 32.2. The van der Waals surface area contributed by atoms with Crippen molar-refractivity contribution in [2.75, 3.05) is 31.1 Å². The van der Waals surface area contributed by atoms with Gasteiger partial charge in [-0.2, -0.15) is 23.1 Å². The van der Waals surface area contributed by atoms with E-state index in [0.29, 0.717) is 12.1 Å². The number of nitrogens with zero attached hydrogens (tertiary/aromatic N) is 1. The van der Waals surface area contributed by atoms with Gasteiger partial charge in [-0.1, -0.05) is 12.1 Å².